The minimum Gasteiger partial charge on any atom is -0.493 e. The van der Waals surface area contributed by atoms with Crippen molar-refractivity contribution in [2.75, 3.05) is 47.1 Å². The second-order valence-electron chi connectivity index (χ2n) is 6.38. The van der Waals surface area contributed by atoms with Crippen LogP contribution in [-0.2, 0) is 4.74 Å². The van der Waals surface area contributed by atoms with Crippen molar-refractivity contribution in [1.29, 1.82) is 0 Å². The number of hydrogen-bond acceptors (Lipinski definition) is 6. The molecular formula is C20H26N2O5. The lowest BCUT2D eigenvalue weighted by molar-refractivity contribution is 0.0162. The molecule has 0 saturated carbocycles. The van der Waals surface area contributed by atoms with Gasteiger partial charge >= 0.3 is 0 Å². The van der Waals surface area contributed by atoms with Gasteiger partial charge in [-0.3, -0.25) is 9.69 Å². The van der Waals surface area contributed by atoms with E-state index in [9.17, 15) is 4.79 Å². The molecule has 1 aliphatic heterocycles. The first-order chi connectivity index (χ1) is 13.1. The minimum atomic E-state index is -0.139. The smallest absolute Gasteiger partial charge is 0.254 e. The maximum absolute atomic E-state index is 12.5. The van der Waals surface area contributed by atoms with Crippen LogP contribution in [0.2, 0.25) is 0 Å². The topological polar surface area (TPSA) is 73.2 Å². The van der Waals surface area contributed by atoms with Crippen molar-refractivity contribution in [3.8, 4) is 11.5 Å². The van der Waals surface area contributed by atoms with Crippen LogP contribution >= 0.6 is 0 Å². The van der Waals surface area contributed by atoms with E-state index in [1.54, 1.807) is 27.2 Å². The molecule has 1 amide bonds. The van der Waals surface area contributed by atoms with E-state index in [2.05, 4.69) is 10.2 Å². The number of methoxy groups -OCH3 is 2. The number of carbonyl (C=O) groups is 1. The van der Waals surface area contributed by atoms with Crippen molar-refractivity contribution in [3.63, 3.8) is 0 Å². The summed E-state index contributed by atoms with van der Waals surface area (Å²) in [6.45, 7) is 5.22. The van der Waals surface area contributed by atoms with Gasteiger partial charge in [-0.25, -0.2) is 0 Å². The average Bonchev–Trinajstić information content (AvgIpc) is 3.14. The highest BCUT2D eigenvalue weighted by Gasteiger charge is 2.25. The summed E-state index contributed by atoms with van der Waals surface area (Å²) >= 11 is 0. The SMILES string of the molecule is COc1ccc(C(CNC(=O)c2ccoc2C)N2CCOCC2)cc1OC. The molecule has 27 heavy (non-hydrogen) atoms. The molecule has 1 N–H and O–H groups in total. The minimum absolute atomic E-state index is 0.00450. The number of morpholine rings is 1. The van der Waals surface area contributed by atoms with Crippen molar-refractivity contribution in [2.45, 2.75) is 13.0 Å². The van der Waals surface area contributed by atoms with Gasteiger partial charge in [0.1, 0.15) is 5.76 Å². The van der Waals surface area contributed by atoms with E-state index in [0.717, 1.165) is 18.7 Å². The molecule has 3 rings (SSSR count). The Hall–Kier alpha value is -2.51. The molecule has 0 radical (unpaired) electrons. The summed E-state index contributed by atoms with van der Waals surface area (Å²) in [7, 11) is 3.24. The molecule has 1 fully saturated rings. The van der Waals surface area contributed by atoms with Gasteiger partial charge in [-0.1, -0.05) is 6.07 Å². The summed E-state index contributed by atoms with van der Waals surface area (Å²) in [6, 6.07) is 7.56. The van der Waals surface area contributed by atoms with E-state index in [-0.39, 0.29) is 11.9 Å². The highest BCUT2D eigenvalue weighted by molar-refractivity contribution is 5.95. The third-order valence-electron chi connectivity index (χ3n) is 4.84. The van der Waals surface area contributed by atoms with E-state index in [0.29, 0.717) is 42.6 Å². The van der Waals surface area contributed by atoms with Crippen LogP contribution < -0.4 is 14.8 Å². The molecule has 146 valence electrons. The Labute approximate surface area is 159 Å². The zero-order chi connectivity index (χ0) is 19.2. The van der Waals surface area contributed by atoms with Gasteiger partial charge in [-0.05, 0) is 30.7 Å². The number of amides is 1. The van der Waals surface area contributed by atoms with E-state index >= 15 is 0 Å². The molecule has 2 heterocycles. The molecule has 1 aromatic heterocycles. The molecule has 1 atom stereocenters. The number of ether oxygens (including phenoxy) is 3. The first-order valence-corrected chi connectivity index (χ1v) is 9.00. The van der Waals surface area contributed by atoms with Crippen LogP contribution in [0.5, 0.6) is 11.5 Å². The molecule has 7 nitrogen and oxygen atoms in total. The number of rotatable bonds is 7. The third kappa shape index (κ3) is 4.43. The Kier molecular flexibility index (Phi) is 6.36. The first-order valence-electron chi connectivity index (χ1n) is 9.00. The fourth-order valence-corrected chi connectivity index (χ4v) is 3.31. The molecule has 0 spiro atoms. The summed E-state index contributed by atoms with van der Waals surface area (Å²) in [5.41, 5.74) is 1.61. The zero-order valence-corrected chi connectivity index (χ0v) is 16.0. The molecule has 1 saturated heterocycles. The van der Waals surface area contributed by atoms with Crippen molar-refractivity contribution < 1.29 is 23.4 Å². The van der Waals surface area contributed by atoms with Gasteiger partial charge in [0, 0.05) is 19.6 Å². The van der Waals surface area contributed by atoms with Crippen LogP contribution in [-0.4, -0.2) is 57.9 Å². The number of furan rings is 1. The number of nitrogens with zero attached hydrogens (tertiary/aromatic N) is 1. The summed E-state index contributed by atoms with van der Waals surface area (Å²) < 4.78 is 21.5. The maximum Gasteiger partial charge on any atom is 0.254 e. The van der Waals surface area contributed by atoms with Crippen LogP contribution in [0.4, 0.5) is 0 Å². The predicted molar refractivity (Wildman–Crippen MR) is 100 cm³/mol. The van der Waals surface area contributed by atoms with Gasteiger partial charge in [-0.15, -0.1) is 0 Å². The second-order valence-corrected chi connectivity index (χ2v) is 6.38. The summed E-state index contributed by atoms with van der Waals surface area (Å²) in [5, 5.41) is 3.03. The quantitative estimate of drug-likeness (QED) is 0.802. The van der Waals surface area contributed by atoms with Crippen LogP contribution in [0.15, 0.2) is 34.9 Å². The van der Waals surface area contributed by atoms with E-state index in [4.69, 9.17) is 18.6 Å². The number of benzene rings is 1. The fourth-order valence-electron chi connectivity index (χ4n) is 3.31. The van der Waals surface area contributed by atoms with Crippen molar-refractivity contribution >= 4 is 5.91 Å². The standard InChI is InChI=1S/C20H26N2O5/c1-14-16(6-9-27-14)20(23)21-13-17(22-7-10-26-11-8-22)15-4-5-18(24-2)19(12-15)25-3/h4-6,9,12,17H,7-8,10-11,13H2,1-3H3,(H,21,23). The number of nitrogens with one attached hydrogen (secondary N) is 1. The van der Waals surface area contributed by atoms with Gasteiger partial charge in [0.25, 0.3) is 5.91 Å². The fraction of sp³-hybridized carbons (Fsp3) is 0.450. The van der Waals surface area contributed by atoms with Crippen molar-refractivity contribution in [1.82, 2.24) is 10.2 Å². The Morgan fingerprint density at radius 1 is 1.19 bits per heavy atom. The monoisotopic (exact) mass is 374 g/mol. The van der Waals surface area contributed by atoms with Gasteiger partial charge in [0.05, 0.1) is 45.3 Å². The first kappa shape index (κ1) is 19.3. The number of hydrogen-bond donors (Lipinski definition) is 1. The third-order valence-corrected chi connectivity index (χ3v) is 4.84. The van der Waals surface area contributed by atoms with E-state index in [1.165, 1.54) is 6.26 Å². The summed E-state index contributed by atoms with van der Waals surface area (Å²) in [6.07, 6.45) is 1.53. The number of carbonyl (C=O) groups excluding carboxylic acids is 1. The zero-order valence-electron chi connectivity index (χ0n) is 16.0. The molecule has 1 unspecified atom stereocenters. The lowest BCUT2D eigenvalue weighted by atomic mass is 10.0. The summed E-state index contributed by atoms with van der Waals surface area (Å²) in [4.78, 5) is 14.8. The second kappa shape index (κ2) is 8.92. The Bertz CT molecular complexity index is 767. The Morgan fingerprint density at radius 2 is 1.93 bits per heavy atom. The maximum atomic E-state index is 12.5. The molecule has 1 aliphatic rings. The lowest BCUT2D eigenvalue weighted by Gasteiger charge is -2.35. The van der Waals surface area contributed by atoms with E-state index < -0.39 is 0 Å². The van der Waals surface area contributed by atoms with Crippen molar-refractivity contribution in [2.24, 2.45) is 0 Å². The van der Waals surface area contributed by atoms with Crippen molar-refractivity contribution in [3.05, 3.63) is 47.4 Å². The Morgan fingerprint density at radius 3 is 2.56 bits per heavy atom. The van der Waals surface area contributed by atoms with Gasteiger partial charge < -0.3 is 23.9 Å². The lowest BCUT2D eigenvalue weighted by Crippen LogP contribution is -2.43. The van der Waals surface area contributed by atoms with Gasteiger partial charge in [0.2, 0.25) is 0 Å². The molecule has 7 heteroatoms. The largest absolute Gasteiger partial charge is 0.493 e. The van der Waals surface area contributed by atoms with E-state index in [1.807, 2.05) is 18.2 Å². The van der Waals surface area contributed by atoms with Gasteiger partial charge in [0.15, 0.2) is 11.5 Å². The highest BCUT2D eigenvalue weighted by atomic mass is 16.5. The highest BCUT2D eigenvalue weighted by Crippen LogP contribution is 2.32. The molecular weight excluding hydrogens is 348 g/mol. The number of aryl methyl sites for hydroxylation is 1. The molecule has 2 aromatic rings. The van der Waals surface area contributed by atoms with Crippen LogP contribution in [0, 0.1) is 6.92 Å². The molecule has 0 aliphatic carbocycles. The molecule has 0 bridgehead atoms. The van der Waals surface area contributed by atoms with Crippen LogP contribution in [0.25, 0.3) is 0 Å². The average molecular weight is 374 g/mol. The van der Waals surface area contributed by atoms with Crippen LogP contribution in [0.3, 0.4) is 0 Å². The normalized spacial score (nSPS) is 16.0. The summed E-state index contributed by atoms with van der Waals surface area (Å²) in [5.74, 6) is 1.83. The predicted octanol–water partition coefficient (Wildman–Crippen LogP) is 2.41. The Balaban J connectivity index is 1.80. The van der Waals surface area contributed by atoms with Gasteiger partial charge in [-0.2, -0.15) is 0 Å². The van der Waals surface area contributed by atoms with Crippen LogP contribution in [0.1, 0.15) is 27.7 Å². The molecule has 1 aromatic carbocycles.